The summed E-state index contributed by atoms with van der Waals surface area (Å²) < 4.78 is 5.51. The molecule has 3 aromatic rings. The van der Waals surface area contributed by atoms with Crippen LogP contribution in [0.1, 0.15) is 5.56 Å². The van der Waals surface area contributed by atoms with Gasteiger partial charge in [0, 0.05) is 5.69 Å². The Morgan fingerprint density at radius 2 is 1.72 bits per heavy atom. The molecule has 0 unspecified atom stereocenters. The van der Waals surface area contributed by atoms with Crippen LogP contribution in [-0.2, 0) is 14.4 Å². The predicted octanol–water partition coefficient (Wildman–Crippen LogP) is 5.50. The highest BCUT2D eigenvalue weighted by Crippen LogP contribution is 2.28. The molecule has 1 heterocycles. The predicted molar refractivity (Wildman–Crippen MR) is 145 cm³/mol. The third-order valence-corrected chi connectivity index (χ3v) is 6.26. The summed E-state index contributed by atoms with van der Waals surface area (Å²) in [5.74, 6) is -1.37. The lowest BCUT2D eigenvalue weighted by Gasteiger charge is -2.28. The van der Waals surface area contributed by atoms with E-state index in [2.05, 4.69) is 10.6 Å². The molecule has 4 rings (SSSR count). The van der Waals surface area contributed by atoms with Crippen LogP contribution in [0.15, 0.2) is 72.3 Å². The van der Waals surface area contributed by atoms with Gasteiger partial charge in [-0.1, -0.05) is 59.1 Å². The fraction of sp³-hybridized carbons (Fsp3) is 0.0400. The Kier molecular flexibility index (Phi) is 7.91. The number of nitrogens with one attached hydrogen (secondary N) is 2. The fourth-order valence-electron chi connectivity index (χ4n) is 3.27. The largest absolute Gasteiger partial charge is 0.482 e. The summed E-state index contributed by atoms with van der Waals surface area (Å²) in [5.41, 5.74) is 1.36. The first kappa shape index (κ1) is 25.7. The topological polar surface area (TPSA) is 87.7 Å². The molecule has 0 radical (unpaired) electrons. The molecule has 182 valence electrons. The number of benzene rings is 3. The summed E-state index contributed by atoms with van der Waals surface area (Å²) in [7, 11) is 0. The maximum atomic E-state index is 13.1. The molecule has 11 heteroatoms. The molecule has 1 aliphatic rings. The SMILES string of the molecule is O=C(COc1ccc(/C=C2/C(=O)NC(=S)N(c3ccccc3)C2=O)cc1Cl)Nc1ccc(Cl)c(Cl)c1. The van der Waals surface area contributed by atoms with Crippen molar-refractivity contribution in [2.24, 2.45) is 0 Å². The van der Waals surface area contributed by atoms with E-state index < -0.39 is 17.7 Å². The molecule has 1 fully saturated rings. The van der Waals surface area contributed by atoms with E-state index in [1.165, 1.54) is 29.2 Å². The van der Waals surface area contributed by atoms with Gasteiger partial charge in [0.05, 0.1) is 20.8 Å². The van der Waals surface area contributed by atoms with E-state index in [0.717, 1.165) is 0 Å². The number of amides is 3. The quantitative estimate of drug-likeness (QED) is 0.236. The van der Waals surface area contributed by atoms with Crippen molar-refractivity contribution in [2.75, 3.05) is 16.8 Å². The van der Waals surface area contributed by atoms with Crippen LogP contribution in [0.5, 0.6) is 5.75 Å². The Morgan fingerprint density at radius 3 is 2.42 bits per heavy atom. The minimum atomic E-state index is -0.618. The second-order valence-electron chi connectivity index (χ2n) is 7.45. The maximum Gasteiger partial charge on any atom is 0.270 e. The number of nitrogens with zero attached hydrogens (tertiary/aromatic N) is 1. The van der Waals surface area contributed by atoms with Crippen molar-refractivity contribution in [1.29, 1.82) is 0 Å². The van der Waals surface area contributed by atoms with Crippen molar-refractivity contribution < 1.29 is 19.1 Å². The first-order valence-electron chi connectivity index (χ1n) is 10.4. The van der Waals surface area contributed by atoms with Gasteiger partial charge in [0.2, 0.25) is 0 Å². The van der Waals surface area contributed by atoms with Crippen LogP contribution >= 0.6 is 47.0 Å². The van der Waals surface area contributed by atoms with Gasteiger partial charge in [0.15, 0.2) is 11.7 Å². The van der Waals surface area contributed by atoms with Crippen molar-refractivity contribution in [3.05, 3.63) is 92.9 Å². The van der Waals surface area contributed by atoms with Crippen molar-refractivity contribution in [2.45, 2.75) is 0 Å². The third kappa shape index (κ3) is 5.85. The van der Waals surface area contributed by atoms with Gasteiger partial charge in [0.1, 0.15) is 11.3 Å². The number of hydrogen-bond donors (Lipinski definition) is 2. The van der Waals surface area contributed by atoms with Crippen molar-refractivity contribution in [1.82, 2.24) is 5.32 Å². The Hall–Kier alpha value is -3.43. The van der Waals surface area contributed by atoms with E-state index in [1.54, 1.807) is 48.5 Å². The number of halogens is 3. The number of hydrogen-bond acceptors (Lipinski definition) is 5. The Balaban J connectivity index is 1.46. The zero-order chi connectivity index (χ0) is 25.8. The first-order chi connectivity index (χ1) is 17.2. The molecule has 0 aliphatic carbocycles. The number of thiocarbonyl (C=S) groups is 1. The fourth-order valence-corrected chi connectivity index (χ4v) is 4.10. The van der Waals surface area contributed by atoms with Crippen molar-refractivity contribution in [3.8, 4) is 5.75 Å². The molecule has 0 spiro atoms. The third-order valence-electron chi connectivity index (χ3n) is 4.95. The smallest absolute Gasteiger partial charge is 0.270 e. The molecule has 0 aromatic heterocycles. The van der Waals surface area contributed by atoms with Gasteiger partial charge < -0.3 is 10.1 Å². The minimum absolute atomic E-state index is 0.00530. The van der Waals surface area contributed by atoms with Gasteiger partial charge in [-0.05, 0) is 66.3 Å². The summed E-state index contributed by atoms with van der Waals surface area (Å²) in [4.78, 5) is 39.0. The molecule has 1 aliphatic heterocycles. The number of carbonyl (C=O) groups excluding carboxylic acids is 3. The average Bonchev–Trinajstić information content (AvgIpc) is 2.84. The molecular formula is C25H16Cl3N3O4S. The Morgan fingerprint density at radius 1 is 0.972 bits per heavy atom. The van der Waals surface area contributed by atoms with Crippen molar-refractivity contribution in [3.63, 3.8) is 0 Å². The molecule has 0 bridgehead atoms. The minimum Gasteiger partial charge on any atom is -0.482 e. The second-order valence-corrected chi connectivity index (χ2v) is 9.06. The molecule has 1 saturated heterocycles. The summed E-state index contributed by atoms with van der Waals surface area (Å²) >= 11 is 23.3. The second kappa shape index (κ2) is 11.1. The van der Waals surface area contributed by atoms with Gasteiger partial charge in [-0.3, -0.25) is 24.6 Å². The molecule has 0 saturated carbocycles. The molecule has 2 N–H and O–H groups in total. The van der Waals surface area contributed by atoms with Crippen LogP contribution in [0.25, 0.3) is 6.08 Å². The van der Waals surface area contributed by atoms with Gasteiger partial charge in [0.25, 0.3) is 17.7 Å². The van der Waals surface area contributed by atoms with Crippen molar-refractivity contribution >= 4 is 87.3 Å². The van der Waals surface area contributed by atoms with E-state index in [1.807, 2.05) is 0 Å². The van der Waals surface area contributed by atoms with Crippen LogP contribution < -0.4 is 20.3 Å². The lowest BCUT2D eigenvalue weighted by molar-refractivity contribution is -0.122. The van der Waals surface area contributed by atoms with Crippen LogP contribution in [0.2, 0.25) is 15.1 Å². The summed E-state index contributed by atoms with van der Waals surface area (Å²) in [6.07, 6.45) is 1.40. The Bertz CT molecular complexity index is 1410. The van der Waals surface area contributed by atoms with E-state index in [0.29, 0.717) is 27.0 Å². The standard InChI is InChI=1S/C25H16Cl3N3O4S/c26-18-8-7-15(12-19(18)27)29-22(32)13-35-21-9-6-14(11-20(21)28)10-17-23(33)30-25(36)31(24(17)34)16-4-2-1-3-5-16/h1-12H,13H2,(H,29,32)(H,30,33,36)/b17-10-. The Labute approximate surface area is 226 Å². The van der Waals surface area contributed by atoms with E-state index in [-0.39, 0.29) is 28.1 Å². The molecular weight excluding hydrogens is 545 g/mol. The number of carbonyl (C=O) groups is 3. The number of ether oxygens (including phenoxy) is 1. The van der Waals surface area contributed by atoms with E-state index in [4.69, 9.17) is 51.8 Å². The van der Waals surface area contributed by atoms with Crippen LogP contribution in [0.3, 0.4) is 0 Å². The highest BCUT2D eigenvalue weighted by atomic mass is 35.5. The van der Waals surface area contributed by atoms with Crippen LogP contribution in [0, 0.1) is 0 Å². The summed E-state index contributed by atoms with van der Waals surface area (Å²) in [5, 5.41) is 6.02. The van der Waals surface area contributed by atoms with Crippen LogP contribution in [-0.4, -0.2) is 29.4 Å². The van der Waals surface area contributed by atoms with Gasteiger partial charge in [-0.2, -0.15) is 0 Å². The summed E-state index contributed by atoms with van der Waals surface area (Å²) in [6.45, 7) is -0.315. The van der Waals surface area contributed by atoms with Gasteiger partial charge >= 0.3 is 0 Å². The molecule has 3 amide bonds. The first-order valence-corrected chi connectivity index (χ1v) is 11.9. The lowest BCUT2D eigenvalue weighted by atomic mass is 10.1. The molecule has 3 aromatic carbocycles. The monoisotopic (exact) mass is 559 g/mol. The molecule has 0 atom stereocenters. The molecule has 36 heavy (non-hydrogen) atoms. The van der Waals surface area contributed by atoms with Crippen LogP contribution in [0.4, 0.5) is 11.4 Å². The van der Waals surface area contributed by atoms with Gasteiger partial charge in [-0.25, -0.2) is 0 Å². The zero-order valence-corrected chi connectivity index (χ0v) is 21.3. The highest BCUT2D eigenvalue weighted by Gasteiger charge is 2.34. The maximum absolute atomic E-state index is 13.1. The molecule has 7 nitrogen and oxygen atoms in total. The average molecular weight is 561 g/mol. The number of para-hydroxylation sites is 1. The van der Waals surface area contributed by atoms with E-state index in [9.17, 15) is 14.4 Å². The van der Waals surface area contributed by atoms with E-state index >= 15 is 0 Å². The zero-order valence-electron chi connectivity index (χ0n) is 18.3. The number of anilines is 2. The van der Waals surface area contributed by atoms with Gasteiger partial charge in [-0.15, -0.1) is 0 Å². The summed E-state index contributed by atoms with van der Waals surface area (Å²) in [6, 6.07) is 18.1. The normalized spacial score (nSPS) is 14.6. The lowest BCUT2D eigenvalue weighted by Crippen LogP contribution is -2.54. The highest BCUT2D eigenvalue weighted by molar-refractivity contribution is 7.80. The number of rotatable bonds is 6.